The van der Waals surface area contributed by atoms with Gasteiger partial charge in [0.2, 0.25) is 0 Å². The molecule has 0 fully saturated rings. The van der Waals surface area contributed by atoms with Crippen LogP contribution in [0.5, 0.6) is 0 Å². The van der Waals surface area contributed by atoms with Crippen LogP contribution in [-0.2, 0) is 25.6 Å². The first-order valence-electron chi connectivity index (χ1n) is 9.35. The van der Waals surface area contributed by atoms with E-state index in [4.69, 9.17) is 14.2 Å². The van der Waals surface area contributed by atoms with Gasteiger partial charge in [-0.2, -0.15) is 0 Å². The predicted molar refractivity (Wildman–Crippen MR) is 108 cm³/mol. The Morgan fingerprint density at radius 2 is 1.66 bits per heavy atom. The third-order valence-electron chi connectivity index (χ3n) is 3.94. The molecule has 0 aromatic heterocycles. The van der Waals surface area contributed by atoms with Crippen LogP contribution in [0.2, 0.25) is 0 Å². The molecule has 2 rings (SSSR count). The molecule has 29 heavy (non-hydrogen) atoms. The summed E-state index contributed by atoms with van der Waals surface area (Å²) >= 11 is 0. The lowest BCUT2D eigenvalue weighted by Gasteiger charge is -2.08. The van der Waals surface area contributed by atoms with E-state index < -0.39 is 24.5 Å². The lowest BCUT2D eigenvalue weighted by molar-refractivity contribution is -0.119. The number of carbonyl (C=O) groups is 3. The number of amides is 1. The Kier molecular flexibility index (Phi) is 8.85. The SMILES string of the molecule is CCCCOC(=O)c1ccc(NC(=O)COC(=O)c2cccc(COC)c2)cc1. The van der Waals surface area contributed by atoms with E-state index in [-0.39, 0.29) is 0 Å². The molecule has 7 heteroatoms. The summed E-state index contributed by atoms with van der Waals surface area (Å²) in [4.78, 5) is 36.0. The van der Waals surface area contributed by atoms with Gasteiger partial charge in [-0.3, -0.25) is 4.79 Å². The van der Waals surface area contributed by atoms with Gasteiger partial charge >= 0.3 is 11.9 Å². The number of hydrogen-bond donors (Lipinski definition) is 1. The van der Waals surface area contributed by atoms with E-state index in [1.807, 2.05) is 13.0 Å². The summed E-state index contributed by atoms with van der Waals surface area (Å²) in [5.41, 5.74) is 2.07. The second-order valence-electron chi connectivity index (χ2n) is 6.32. The number of benzene rings is 2. The Morgan fingerprint density at radius 1 is 0.931 bits per heavy atom. The number of anilines is 1. The molecular weight excluding hydrogens is 374 g/mol. The number of methoxy groups -OCH3 is 1. The van der Waals surface area contributed by atoms with Crippen molar-refractivity contribution in [3.63, 3.8) is 0 Å². The summed E-state index contributed by atoms with van der Waals surface area (Å²) in [5, 5.41) is 2.61. The molecule has 7 nitrogen and oxygen atoms in total. The standard InChI is InChI=1S/C22H25NO6/c1-3-4-12-28-21(25)17-8-10-19(11-9-17)23-20(24)15-29-22(26)18-7-5-6-16(13-18)14-27-2/h5-11,13H,3-4,12,14-15H2,1-2H3,(H,23,24). The number of esters is 2. The second-order valence-corrected chi connectivity index (χ2v) is 6.32. The van der Waals surface area contributed by atoms with Gasteiger partial charge in [-0.15, -0.1) is 0 Å². The Hall–Kier alpha value is -3.19. The molecular formula is C22H25NO6. The maximum atomic E-state index is 12.1. The van der Waals surface area contributed by atoms with Gasteiger partial charge in [0, 0.05) is 12.8 Å². The highest BCUT2D eigenvalue weighted by Crippen LogP contribution is 2.12. The highest BCUT2D eigenvalue weighted by molar-refractivity contribution is 5.96. The normalized spacial score (nSPS) is 10.3. The average molecular weight is 399 g/mol. The highest BCUT2D eigenvalue weighted by Gasteiger charge is 2.12. The van der Waals surface area contributed by atoms with Gasteiger partial charge in [-0.25, -0.2) is 9.59 Å². The summed E-state index contributed by atoms with van der Waals surface area (Å²) in [6.45, 7) is 2.35. The molecule has 2 aromatic rings. The van der Waals surface area contributed by atoms with Crippen LogP contribution in [0.4, 0.5) is 5.69 Å². The van der Waals surface area contributed by atoms with E-state index in [2.05, 4.69) is 5.32 Å². The van der Waals surface area contributed by atoms with Crippen molar-refractivity contribution in [2.45, 2.75) is 26.4 Å². The molecule has 0 radical (unpaired) electrons. The van der Waals surface area contributed by atoms with Gasteiger partial charge in [0.25, 0.3) is 5.91 Å². The average Bonchev–Trinajstić information content (AvgIpc) is 2.73. The van der Waals surface area contributed by atoms with Crippen LogP contribution in [0.3, 0.4) is 0 Å². The topological polar surface area (TPSA) is 90.9 Å². The van der Waals surface area contributed by atoms with Gasteiger partial charge < -0.3 is 19.5 Å². The Bertz CT molecular complexity index is 831. The number of rotatable bonds is 10. The van der Waals surface area contributed by atoms with E-state index in [1.54, 1.807) is 49.6 Å². The Balaban J connectivity index is 1.82. The monoisotopic (exact) mass is 399 g/mol. The van der Waals surface area contributed by atoms with E-state index in [9.17, 15) is 14.4 Å². The largest absolute Gasteiger partial charge is 0.462 e. The van der Waals surface area contributed by atoms with E-state index in [0.29, 0.717) is 30.0 Å². The number of nitrogens with one attached hydrogen (secondary N) is 1. The van der Waals surface area contributed by atoms with Gasteiger partial charge in [-0.1, -0.05) is 25.5 Å². The van der Waals surface area contributed by atoms with Crippen LogP contribution in [0.15, 0.2) is 48.5 Å². The minimum absolute atomic E-state index is 0.346. The molecule has 0 saturated heterocycles. The van der Waals surface area contributed by atoms with Crippen LogP contribution < -0.4 is 5.32 Å². The number of hydrogen-bond acceptors (Lipinski definition) is 6. The maximum Gasteiger partial charge on any atom is 0.338 e. The van der Waals surface area contributed by atoms with Crippen molar-refractivity contribution in [2.24, 2.45) is 0 Å². The molecule has 0 aliphatic carbocycles. The van der Waals surface area contributed by atoms with Gasteiger partial charge in [0.1, 0.15) is 0 Å². The number of ether oxygens (including phenoxy) is 3. The zero-order valence-corrected chi connectivity index (χ0v) is 16.6. The minimum atomic E-state index is -0.594. The summed E-state index contributed by atoms with van der Waals surface area (Å²) in [6.07, 6.45) is 1.76. The fraction of sp³-hybridized carbons (Fsp3) is 0.318. The molecule has 1 amide bonds. The van der Waals surface area contributed by atoms with E-state index in [1.165, 1.54) is 0 Å². The molecule has 0 aliphatic heterocycles. The first-order chi connectivity index (χ1) is 14.0. The van der Waals surface area contributed by atoms with Crippen LogP contribution in [0, 0.1) is 0 Å². The third kappa shape index (κ3) is 7.38. The zero-order chi connectivity index (χ0) is 21.1. The molecule has 0 bridgehead atoms. The van der Waals surface area contributed by atoms with Crippen molar-refractivity contribution in [3.8, 4) is 0 Å². The molecule has 0 saturated carbocycles. The summed E-state index contributed by atoms with van der Waals surface area (Å²) < 4.78 is 15.2. The third-order valence-corrected chi connectivity index (χ3v) is 3.94. The van der Waals surface area contributed by atoms with Crippen LogP contribution >= 0.6 is 0 Å². The molecule has 0 spiro atoms. The molecule has 0 unspecified atom stereocenters. The van der Waals surface area contributed by atoms with Gasteiger partial charge in [0.15, 0.2) is 6.61 Å². The van der Waals surface area contributed by atoms with E-state index >= 15 is 0 Å². The fourth-order valence-electron chi connectivity index (χ4n) is 2.45. The van der Waals surface area contributed by atoms with Crippen LogP contribution in [0.25, 0.3) is 0 Å². The quantitative estimate of drug-likeness (QED) is 0.485. The first kappa shape index (κ1) is 22.1. The molecule has 0 aliphatic rings. The van der Waals surface area contributed by atoms with Crippen molar-refractivity contribution in [1.29, 1.82) is 0 Å². The fourth-order valence-corrected chi connectivity index (χ4v) is 2.45. The summed E-state index contributed by atoms with van der Waals surface area (Å²) in [6, 6.07) is 13.1. The van der Waals surface area contributed by atoms with Crippen LogP contribution in [-0.4, -0.2) is 38.2 Å². The predicted octanol–water partition coefficient (Wildman–Crippen LogP) is 3.59. The molecule has 2 aromatic carbocycles. The van der Waals surface area contributed by atoms with E-state index in [0.717, 1.165) is 18.4 Å². The lowest BCUT2D eigenvalue weighted by atomic mass is 10.1. The second kappa shape index (κ2) is 11.6. The molecule has 1 N–H and O–H groups in total. The smallest absolute Gasteiger partial charge is 0.338 e. The minimum Gasteiger partial charge on any atom is -0.462 e. The summed E-state index contributed by atoms with van der Waals surface area (Å²) in [5.74, 6) is -1.48. The van der Waals surface area contributed by atoms with Crippen molar-refractivity contribution in [3.05, 3.63) is 65.2 Å². The highest BCUT2D eigenvalue weighted by atomic mass is 16.5. The maximum absolute atomic E-state index is 12.1. The van der Waals surface area contributed by atoms with Gasteiger partial charge in [-0.05, 0) is 48.4 Å². The van der Waals surface area contributed by atoms with Crippen molar-refractivity contribution in [1.82, 2.24) is 0 Å². The molecule has 154 valence electrons. The molecule has 0 heterocycles. The summed E-state index contributed by atoms with van der Waals surface area (Å²) in [7, 11) is 1.57. The van der Waals surface area contributed by atoms with Gasteiger partial charge in [0.05, 0.1) is 24.3 Å². The van der Waals surface area contributed by atoms with Crippen LogP contribution in [0.1, 0.15) is 46.0 Å². The van der Waals surface area contributed by atoms with Crippen molar-refractivity contribution < 1.29 is 28.6 Å². The lowest BCUT2D eigenvalue weighted by Crippen LogP contribution is -2.21. The zero-order valence-electron chi connectivity index (χ0n) is 16.6. The van der Waals surface area contributed by atoms with Crippen molar-refractivity contribution in [2.75, 3.05) is 25.6 Å². The molecule has 0 atom stereocenters. The first-order valence-corrected chi connectivity index (χ1v) is 9.35. The number of carbonyl (C=O) groups excluding carboxylic acids is 3. The Morgan fingerprint density at radius 3 is 2.34 bits per heavy atom. The number of unbranched alkanes of at least 4 members (excludes halogenated alkanes) is 1. The van der Waals surface area contributed by atoms with Crippen molar-refractivity contribution >= 4 is 23.5 Å². The Labute approximate surface area is 170 Å².